The van der Waals surface area contributed by atoms with Crippen LogP contribution in [0, 0.1) is 0 Å². The standard InChI is InChI=1S/C14H8Cl2N2O2/c1-20-14(19)12-5-8-9-4-7(15)2-3-11(9)18-13(16)10(8)6-17-12/h2-6H,1H3. The van der Waals surface area contributed by atoms with Crippen molar-refractivity contribution in [3.63, 3.8) is 0 Å². The van der Waals surface area contributed by atoms with E-state index in [-0.39, 0.29) is 5.69 Å². The third-order valence-corrected chi connectivity index (χ3v) is 3.51. The molecule has 4 nitrogen and oxygen atoms in total. The van der Waals surface area contributed by atoms with Crippen LogP contribution in [0.5, 0.6) is 0 Å². The van der Waals surface area contributed by atoms with E-state index in [4.69, 9.17) is 23.2 Å². The number of carbonyl (C=O) groups excluding carboxylic acids is 1. The van der Waals surface area contributed by atoms with Crippen molar-refractivity contribution < 1.29 is 9.53 Å². The minimum absolute atomic E-state index is 0.212. The molecule has 0 fully saturated rings. The second-order valence-corrected chi connectivity index (χ2v) is 4.97. The smallest absolute Gasteiger partial charge is 0.356 e. The molecule has 0 spiro atoms. The van der Waals surface area contributed by atoms with Crippen LogP contribution in [0.4, 0.5) is 0 Å². The molecule has 6 heteroatoms. The van der Waals surface area contributed by atoms with Gasteiger partial charge in [-0.15, -0.1) is 0 Å². The number of hydrogen-bond donors (Lipinski definition) is 0. The summed E-state index contributed by atoms with van der Waals surface area (Å²) in [5, 5.41) is 3.15. The van der Waals surface area contributed by atoms with Crippen LogP contribution in [0.15, 0.2) is 30.5 Å². The number of carbonyl (C=O) groups is 1. The van der Waals surface area contributed by atoms with Crippen LogP contribution in [-0.4, -0.2) is 23.0 Å². The van der Waals surface area contributed by atoms with Gasteiger partial charge >= 0.3 is 5.97 Å². The number of esters is 1. The fourth-order valence-corrected chi connectivity index (χ4v) is 2.46. The molecule has 0 aliphatic carbocycles. The van der Waals surface area contributed by atoms with Crippen LogP contribution >= 0.6 is 23.2 Å². The van der Waals surface area contributed by atoms with Crippen molar-refractivity contribution in [1.82, 2.24) is 9.97 Å². The van der Waals surface area contributed by atoms with E-state index in [1.165, 1.54) is 13.3 Å². The van der Waals surface area contributed by atoms with Crippen molar-refractivity contribution in [3.05, 3.63) is 46.3 Å². The highest BCUT2D eigenvalue weighted by Gasteiger charge is 2.13. The molecule has 2 heterocycles. The summed E-state index contributed by atoms with van der Waals surface area (Å²) in [5.74, 6) is -0.505. The second kappa shape index (κ2) is 4.89. The molecule has 0 amide bonds. The average molecular weight is 307 g/mol. The topological polar surface area (TPSA) is 52.1 Å². The normalized spacial score (nSPS) is 10.9. The highest BCUT2D eigenvalue weighted by Crippen LogP contribution is 2.30. The van der Waals surface area contributed by atoms with Crippen LogP contribution in [0.2, 0.25) is 10.2 Å². The predicted octanol–water partition coefficient (Wildman–Crippen LogP) is 3.88. The Bertz CT molecular complexity index is 849. The first-order valence-corrected chi connectivity index (χ1v) is 6.48. The van der Waals surface area contributed by atoms with E-state index in [1.807, 2.05) is 0 Å². The second-order valence-electron chi connectivity index (χ2n) is 4.17. The van der Waals surface area contributed by atoms with Crippen LogP contribution in [0.1, 0.15) is 10.5 Å². The van der Waals surface area contributed by atoms with Gasteiger partial charge in [0.25, 0.3) is 0 Å². The van der Waals surface area contributed by atoms with Crippen molar-refractivity contribution in [1.29, 1.82) is 0 Å². The number of rotatable bonds is 1. The van der Waals surface area contributed by atoms with E-state index in [2.05, 4.69) is 14.7 Å². The number of pyridine rings is 2. The fraction of sp³-hybridized carbons (Fsp3) is 0.0714. The molecule has 0 saturated heterocycles. The Labute approximate surface area is 124 Å². The lowest BCUT2D eigenvalue weighted by molar-refractivity contribution is 0.0594. The van der Waals surface area contributed by atoms with Gasteiger partial charge in [0, 0.05) is 22.0 Å². The molecular weight excluding hydrogens is 299 g/mol. The average Bonchev–Trinajstić information content (AvgIpc) is 2.47. The van der Waals surface area contributed by atoms with Crippen LogP contribution in [0.25, 0.3) is 21.7 Å². The number of halogens is 2. The van der Waals surface area contributed by atoms with Gasteiger partial charge in [0.1, 0.15) is 10.8 Å². The van der Waals surface area contributed by atoms with E-state index in [1.54, 1.807) is 24.3 Å². The Kier molecular flexibility index (Phi) is 3.20. The van der Waals surface area contributed by atoms with E-state index in [0.29, 0.717) is 21.1 Å². The molecular formula is C14H8Cl2N2O2. The Hall–Kier alpha value is -1.91. The third kappa shape index (κ3) is 2.07. The minimum atomic E-state index is -0.505. The summed E-state index contributed by atoms with van der Waals surface area (Å²) in [5.41, 5.74) is 0.914. The quantitative estimate of drug-likeness (QED) is 0.389. The van der Waals surface area contributed by atoms with Crippen molar-refractivity contribution in [2.24, 2.45) is 0 Å². The maximum atomic E-state index is 11.6. The van der Waals surface area contributed by atoms with Crippen molar-refractivity contribution in [2.75, 3.05) is 7.11 Å². The lowest BCUT2D eigenvalue weighted by Gasteiger charge is -2.07. The highest BCUT2D eigenvalue weighted by atomic mass is 35.5. The lowest BCUT2D eigenvalue weighted by atomic mass is 10.1. The molecule has 0 saturated carbocycles. The van der Waals surface area contributed by atoms with Gasteiger partial charge in [-0.05, 0) is 29.7 Å². The first kappa shape index (κ1) is 13.1. The van der Waals surface area contributed by atoms with Crippen molar-refractivity contribution in [3.8, 4) is 0 Å². The molecule has 0 bridgehead atoms. The molecule has 0 unspecified atom stereocenters. The number of ether oxygens (including phenoxy) is 1. The first-order valence-electron chi connectivity index (χ1n) is 5.73. The van der Waals surface area contributed by atoms with Crippen molar-refractivity contribution >= 4 is 50.8 Å². The Morgan fingerprint density at radius 2 is 1.95 bits per heavy atom. The molecule has 0 N–H and O–H groups in total. The summed E-state index contributed by atoms with van der Waals surface area (Å²) in [6.45, 7) is 0. The molecule has 2 aromatic heterocycles. The number of benzene rings is 1. The predicted molar refractivity (Wildman–Crippen MR) is 78.4 cm³/mol. The van der Waals surface area contributed by atoms with Gasteiger partial charge in [0.05, 0.1) is 12.6 Å². The van der Waals surface area contributed by atoms with Gasteiger partial charge in [0.2, 0.25) is 0 Å². The molecule has 0 aliphatic rings. The summed E-state index contributed by atoms with van der Waals surface area (Å²) >= 11 is 12.2. The van der Waals surface area contributed by atoms with Crippen LogP contribution in [-0.2, 0) is 4.74 Å². The summed E-state index contributed by atoms with van der Waals surface area (Å²) in [4.78, 5) is 19.9. The fourth-order valence-electron chi connectivity index (χ4n) is 2.05. The Balaban J connectivity index is 2.43. The molecule has 3 rings (SSSR count). The van der Waals surface area contributed by atoms with Crippen LogP contribution < -0.4 is 0 Å². The SMILES string of the molecule is COC(=O)c1cc2c(cn1)c(Cl)nc1ccc(Cl)cc12. The lowest BCUT2D eigenvalue weighted by Crippen LogP contribution is -2.04. The Morgan fingerprint density at radius 3 is 2.70 bits per heavy atom. The number of fused-ring (bicyclic) bond motifs is 3. The molecule has 0 aliphatic heterocycles. The van der Waals surface area contributed by atoms with Gasteiger partial charge in [0.15, 0.2) is 0 Å². The van der Waals surface area contributed by atoms with Crippen LogP contribution in [0.3, 0.4) is 0 Å². The number of nitrogens with zero attached hydrogens (tertiary/aromatic N) is 2. The maximum absolute atomic E-state index is 11.6. The summed E-state index contributed by atoms with van der Waals surface area (Å²) in [7, 11) is 1.31. The molecule has 0 radical (unpaired) electrons. The third-order valence-electron chi connectivity index (χ3n) is 2.99. The monoisotopic (exact) mass is 306 g/mol. The molecule has 100 valence electrons. The van der Waals surface area contributed by atoms with E-state index >= 15 is 0 Å². The maximum Gasteiger partial charge on any atom is 0.356 e. The molecule has 1 aromatic carbocycles. The highest BCUT2D eigenvalue weighted by molar-refractivity contribution is 6.36. The van der Waals surface area contributed by atoms with Gasteiger partial charge in [-0.25, -0.2) is 14.8 Å². The van der Waals surface area contributed by atoms with E-state index in [0.717, 1.165) is 10.8 Å². The van der Waals surface area contributed by atoms with E-state index < -0.39 is 5.97 Å². The number of methoxy groups -OCH3 is 1. The zero-order valence-corrected chi connectivity index (χ0v) is 11.9. The number of aromatic nitrogens is 2. The molecule has 3 aromatic rings. The van der Waals surface area contributed by atoms with E-state index in [9.17, 15) is 4.79 Å². The van der Waals surface area contributed by atoms with Gasteiger partial charge in [-0.2, -0.15) is 0 Å². The van der Waals surface area contributed by atoms with Gasteiger partial charge < -0.3 is 4.74 Å². The summed E-state index contributed by atoms with van der Waals surface area (Å²) in [6.07, 6.45) is 1.51. The van der Waals surface area contributed by atoms with Gasteiger partial charge in [-0.3, -0.25) is 0 Å². The minimum Gasteiger partial charge on any atom is -0.464 e. The summed E-state index contributed by atoms with van der Waals surface area (Å²) < 4.78 is 4.68. The molecule has 20 heavy (non-hydrogen) atoms. The largest absolute Gasteiger partial charge is 0.464 e. The zero-order valence-electron chi connectivity index (χ0n) is 10.4. The van der Waals surface area contributed by atoms with Crippen molar-refractivity contribution in [2.45, 2.75) is 0 Å². The summed E-state index contributed by atoms with van der Waals surface area (Å²) in [6, 6.07) is 6.93. The molecule has 0 atom stereocenters. The number of hydrogen-bond acceptors (Lipinski definition) is 4. The zero-order chi connectivity index (χ0) is 14.3. The Morgan fingerprint density at radius 1 is 1.15 bits per heavy atom. The first-order chi connectivity index (χ1) is 9.60. The van der Waals surface area contributed by atoms with Gasteiger partial charge in [-0.1, -0.05) is 23.2 Å².